The van der Waals surface area contributed by atoms with Crippen molar-refractivity contribution in [3.05, 3.63) is 29.8 Å². The molecule has 1 aliphatic heterocycles. The number of ether oxygens (including phenoxy) is 1. The third-order valence-corrected chi connectivity index (χ3v) is 3.43. The number of hydrogen-bond donors (Lipinski definition) is 2. The first-order valence-corrected chi connectivity index (χ1v) is 6.36. The fraction of sp³-hybridized carbons (Fsp3) is 0.571. The van der Waals surface area contributed by atoms with Gasteiger partial charge in [-0.2, -0.15) is 0 Å². The molecule has 0 amide bonds. The molecule has 3 heteroatoms. The van der Waals surface area contributed by atoms with Gasteiger partial charge >= 0.3 is 0 Å². The molecule has 2 unspecified atom stereocenters. The van der Waals surface area contributed by atoms with Crippen molar-refractivity contribution >= 4 is 0 Å². The summed E-state index contributed by atoms with van der Waals surface area (Å²) in [6.07, 6.45) is 2.34. The Bertz CT molecular complexity index is 348. The Morgan fingerprint density at radius 1 is 1.47 bits per heavy atom. The average molecular weight is 235 g/mol. The van der Waals surface area contributed by atoms with Gasteiger partial charge in [-0.05, 0) is 38.3 Å². The van der Waals surface area contributed by atoms with Crippen LogP contribution in [0.3, 0.4) is 0 Å². The minimum atomic E-state index is 0.193. The zero-order valence-electron chi connectivity index (χ0n) is 10.4. The molecule has 0 spiro atoms. The number of phenols is 1. The van der Waals surface area contributed by atoms with Crippen LogP contribution in [0.25, 0.3) is 0 Å². The van der Waals surface area contributed by atoms with Crippen LogP contribution in [-0.2, 0) is 4.74 Å². The van der Waals surface area contributed by atoms with E-state index in [1.165, 1.54) is 6.42 Å². The van der Waals surface area contributed by atoms with E-state index in [0.717, 1.165) is 31.7 Å². The molecular formula is C14H21NO2. The van der Waals surface area contributed by atoms with Crippen LogP contribution < -0.4 is 5.32 Å². The normalized spacial score (nSPS) is 21.6. The van der Waals surface area contributed by atoms with Gasteiger partial charge in [0.05, 0.1) is 0 Å². The third-order valence-electron chi connectivity index (χ3n) is 3.43. The van der Waals surface area contributed by atoms with Gasteiger partial charge in [-0.1, -0.05) is 18.2 Å². The van der Waals surface area contributed by atoms with E-state index in [4.69, 9.17) is 4.74 Å². The predicted molar refractivity (Wildman–Crippen MR) is 68.1 cm³/mol. The van der Waals surface area contributed by atoms with Crippen LogP contribution in [-0.4, -0.2) is 24.9 Å². The van der Waals surface area contributed by atoms with Crippen molar-refractivity contribution in [2.75, 3.05) is 19.8 Å². The predicted octanol–water partition coefficient (Wildman–Crippen LogP) is 2.47. The molecule has 2 atom stereocenters. The summed E-state index contributed by atoms with van der Waals surface area (Å²) in [4.78, 5) is 0. The van der Waals surface area contributed by atoms with Gasteiger partial charge in [0.15, 0.2) is 0 Å². The zero-order chi connectivity index (χ0) is 12.1. The van der Waals surface area contributed by atoms with E-state index in [-0.39, 0.29) is 6.04 Å². The van der Waals surface area contributed by atoms with Crippen molar-refractivity contribution in [1.29, 1.82) is 0 Å². The number of phenolic OH excluding ortho intramolecular Hbond substituents is 1. The molecule has 1 aromatic carbocycles. The smallest absolute Gasteiger partial charge is 0.120 e. The number of para-hydroxylation sites is 1. The van der Waals surface area contributed by atoms with Gasteiger partial charge in [0.2, 0.25) is 0 Å². The highest BCUT2D eigenvalue weighted by atomic mass is 16.5. The van der Waals surface area contributed by atoms with Gasteiger partial charge in [-0.15, -0.1) is 0 Å². The van der Waals surface area contributed by atoms with E-state index in [9.17, 15) is 5.11 Å². The quantitative estimate of drug-likeness (QED) is 0.823. The van der Waals surface area contributed by atoms with E-state index in [1.54, 1.807) is 6.07 Å². The lowest BCUT2D eigenvalue weighted by Crippen LogP contribution is -2.22. The van der Waals surface area contributed by atoms with Crippen molar-refractivity contribution in [2.24, 2.45) is 5.92 Å². The largest absolute Gasteiger partial charge is 0.508 e. The highest BCUT2D eigenvalue weighted by molar-refractivity contribution is 5.34. The summed E-state index contributed by atoms with van der Waals surface area (Å²) in [5.41, 5.74) is 0.968. The van der Waals surface area contributed by atoms with Gasteiger partial charge in [0.1, 0.15) is 5.75 Å². The molecule has 0 radical (unpaired) electrons. The Hall–Kier alpha value is -1.06. The Morgan fingerprint density at radius 2 is 2.29 bits per heavy atom. The van der Waals surface area contributed by atoms with Gasteiger partial charge in [-0.25, -0.2) is 0 Å². The number of hydrogen-bond acceptors (Lipinski definition) is 3. The van der Waals surface area contributed by atoms with E-state index < -0.39 is 0 Å². The summed E-state index contributed by atoms with van der Waals surface area (Å²) < 4.78 is 5.35. The molecule has 1 heterocycles. The lowest BCUT2D eigenvalue weighted by Gasteiger charge is -2.16. The third kappa shape index (κ3) is 3.45. The van der Waals surface area contributed by atoms with Gasteiger partial charge in [0, 0.05) is 24.8 Å². The minimum Gasteiger partial charge on any atom is -0.508 e. The zero-order valence-corrected chi connectivity index (χ0v) is 10.4. The van der Waals surface area contributed by atoms with E-state index in [1.807, 2.05) is 18.2 Å². The summed E-state index contributed by atoms with van der Waals surface area (Å²) in [6.45, 7) is 4.88. The van der Waals surface area contributed by atoms with Crippen molar-refractivity contribution < 1.29 is 9.84 Å². The highest BCUT2D eigenvalue weighted by Gasteiger charge is 2.15. The first-order chi connectivity index (χ1) is 8.27. The van der Waals surface area contributed by atoms with Crippen LogP contribution in [0.15, 0.2) is 24.3 Å². The molecule has 0 aromatic heterocycles. The van der Waals surface area contributed by atoms with Crippen LogP contribution in [0, 0.1) is 5.92 Å². The first kappa shape index (κ1) is 12.4. The maximum atomic E-state index is 9.73. The van der Waals surface area contributed by atoms with Gasteiger partial charge < -0.3 is 15.2 Å². The van der Waals surface area contributed by atoms with E-state index in [0.29, 0.717) is 11.7 Å². The Kier molecular flexibility index (Phi) is 4.40. The standard InChI is InChI=1S/C14H21NO2/c1-11(13-4-2-3-5-14(13)16)15-8-6-12-7-9-17-10-12/h2-5,11-12,15-16H,6-10H2,1H3. The maximum absolute atomic E-state index is 9.73. The van der Waals surface area contributed by atoms with Crippen molar-refractivity contribution in [3.8, 4) is 5.75 Å². The fourth-order valence-corrected chi connectivity index (χ4v) is 2.28. The van der Waals surface area contributed by atoms with Crippen LogP contribution in [0.5, 0.6) is 5.75 Å². The van der Waals surface area contributed by atoms with Crippen LogP contribution >= 0.6 is 0 Å². The Labute approximate surface area is 103 Å². The summed E-state index contributed by atoms with van der Waals surface area (Å²) in [5.74, 6) is 1.08. The van der Waals surface area contributed by atoms with Crippen LogP contribution in [0.4, 0.5) is 0 Å². The summed E-state index contributed by atoms with van der Waals surface area (Å²) >= 11 is 0. The molecule has 1 saturated heterocycles. The second kappa shape index (κ2) is 6.03. The topological polar surface area (TPSA) is 41.5 Å². The summed E-state index contributed by atoms with van der Waals surface area (Å²) in [5, 5.41) is 13.2. The molecule has 3 nitrogen and oxygen atoms in total. The Balaban J connectivity index is 1.77. The number of aromatic hydroxyl groups is 1. The fourth-order valence-electron chi connectivity index (χ4n) is 2.28. The first-order valence-electron chi connectivity index (χ1n) is 6.36. The SMILES string of the molecule is CC(NCCC1CCOC1)c1ccccc1O. The van der Waals surface area contributed by atoms with E-state index >= 15 is 0 Å². The second-order valence-electron chi connectivity index (χ2n) is 4.75. The molecule has 2 N–H and O–H groups in total. The van der Waals surface area contributed by atoms with Gasteiger partial charge in [-0.3, -0.25) is 0 Å². The molecule has 0 bridgehead atoms. The molecule has 17 heavy (non-hydrogen) atoms. The number of benzene rings is 1. The average Bonchev–Trinajstić information content (AvgIpc) is 2.82. The lowest BCUT2D eigenvalue weighted by molar-refractivity contribution is 0.184. The van der Waals surface area contributed by atoms with Crippen molar-refractivity contribution in [2.45, 2.75) is 25.8 Å². The monoisotopic (exact) mass is 235 g/mol. The second-order valence-corrected chi connectivity index (χ2v) is 4.75. The lowest BCUT2D eigenvalue weighted by atomic mass is 10.0. The van der Waals surface area contributed by atoms with Crippen molar-refractivity contribution in [3.63, 3.8) is 0 Å². The highest BCUT2D eigenvalue weighted by Crippen LogP contribution is 2.23. The number of rotatable bonds is 5. The maximum Gasteiger partial charge on any atom is 0.120 e. The number of nitrogens with one attached hydrogen (secondary N) is 1. The molecule has 94 valence electrons. The molecule has 0 saturated carbocycles. The Morgan fingerprint density at radius 3 is 3.00 bits per heavy atom. The molecule has 1 aromatic rings. The molecule has 1 fully saturated rings. The minimum absolute atomic E-state index is 0.193. The van der Waals surface area contributed by atoms with Crippen LogP contribution in [0.1, 0.15) is 31.4 Å². The summed E-state index contributed by atoms with van der Waals surface area (Å²) in [6, 6.07) is 7.70. The molecule has 2 rings (SSSR count). The van der Waals surface area contributed by atoms with Crippen LogP contribution in [0.2, 0.25) is 0 Å². The molecular weight excluding hydrogens is 214 g/mol. The van der Waals surface area contributed by atoms with E-state index in [2.05, 4.69) is 12.2 Å². The van der Waals surface area contributed by atoms with Crippen molar-refractivity contribution in [1.82, 2.24) is 5.32 Å². The molecule has 0 aliphatic carbocycles. The molecule has 1 aliphatic rings. The summed E-state index contributed by atoms with van der Waals surface area (Å²) in [7, 11) is 0. The van der Waals surface area contributed by atoms with Gasteiger partial charge in [0.25, 0.3) is 0 Å².